The smallest absolute Gasteiger partial charge is 0.204 e. The second kappa shape index (κ2) is 2.54. The molecule has 0 aromatic carbocycles. The molecule has 0 saturated heterocycles. The zero-order valence-electron chi connectivity index (χ0n) is 5.17. The molecule has 0 fully saturated rings. The van der Waals surface area contributed by atoms with Crippen molar-refractivity contribution < 1.29 is 17.6 Å². The van der Waals surface area contributed by atoms with Gasteiger partial charge in [-0.2, -0.15) is 8.78 Å². The Balaban J connectivity index is 4.01. The Labute approximate surface area is 50.9 Å². The molecule has 0 nitrogen and oxygen atoms in total. The third kappa shape index (κ3) is 1.84. The van der Waals surface area contributed by atoms with E-state index in [0.29, 0.717) is 0 Å². The highest BCUT2D eigenvalue weighted by molar-refractivity contribution is 4.72. The minimum absolute atomic E-state index is 1.06. The lowest BCUT2D eigenvalue weighted by Crippen LogP contribution is -2.32. The van der Waals surface area contributed by atoms with Crippen LogP contribution in [-0.4, -0.2) is 12.3 Å². The van der Waals surface area contributed by atoms with Crippen LogP contribution in [0.3, 0.4) is 0 Å². The molecule has 0 radical (unpaired) electrons. The minimum atomic E-state index is -3.83. The van der Waals surface area contributed by atoms with E-state index < -0.39 is 18.3 Å². The predicted molar refractivity (Wildman–Crippen MR) is 25.8 cm³/mol. The lowest BCUT2D eigenvalue weighted by Gasteiger charge is -2.18. The number of rotatable bonds is 2. The lowest BCUT2D eigenvalue weighted by molar-refractivity contribution is -0.156. The van der Waals surface area contributed by atoms with Crippen LogP contribution < -0.4 is 0 Å². The molecule has 0 heterocycles. The largest absolute Gasteiger partial charge is 0.309 e. The first-order valence-electron chi connectivity index (χ1n) is 2.55. The van der Waals surface area contributed by atoms with Gasteiger partial charge in [0.15, 0.2) is 0 Å². The van der Waals surface area contributed by atoms with Gasteiger partial charge in [0, 0.05) is 5.92 Å². The van der Waals surface area contributed by atoms with Crippen molar-refractivity contribution >= 4 is 0 Å². The summed E-state index contributed by atoms with van der Waals surface area (Å²) < 4.78 is 46.5. The van der Waals surface area contributed by atoms with Crippen molar-refractivity contribution in [2.45, 2.75) is 26.2 Å². The van der Waals surface area contributed by atoms with Gasteiger partial charge in [-0.1, -0.05) is 13.8 Å². The van der Waals surface area contributed by atoms with Crippen LogP contribution in [0.4, 0.5) is 17.6 Å². The fourth-order valence-electron chi connectivity index (χ4n) is 0.252. The van der Waals surface area contributed by atoms with E-state index in [1.54, 1.807) is 0 Å². The van der Waals surface area contributed by atoms with Gasteiger partial charge >= 0.3 is 12.3 Å². The normalized spacial score (nSPS) is 13.3. The number of alkyl halides is 4. The monoisotopic (exact) mass is 144 g/mol. The average Bonchev–Trinajstić information content (AvgIpc) is 1.65. The number of halogens is 4. The van der Waals surface area contributed by atoms with Gasteiger partial charge in [-0.3, -0.25) is 0 Å². The maximum absolute atomic E-state index is 11.9. The third-order valence-corrected chi connectivity index (χ3v) is 1.06. The quantitative estimate of drug-likeness (QED) is 0.522. The van der Waals surface area contributed by atoms with Crippen LogP contribution in [0.1, 0.15) is 13.8 Å². The molecule has 0 aliphatic heterocycles. The van der Waals surface area contributed by atoms with Crippen LogP contribution in [-0.2, 0) is 0 Å². The van der Waals surface area contributed by atoms with Crippen molar-refractivity contribution in [3.63, 3.8) is 0 Å². The van der Waals surface area contributed by atoms with Crippen LogP contribution in [0.2, 0.25) is 0 Å². The Morgan fingerprint density at radius 3 is 1.44 bits per heavy atom. The summed E-state index contributed by atoms with van der Waals surface area (Å²) in [5.74, 6) is -5.13. The molecular weight excluding hydrogens is 136 g/mol. The average molecular weight is 144 g/mol. The second-order valence-electron chi connectivity index (χ2n) is 2.13. The topological polar surface area (TPSA) is 0 Å². The van der Waals surface area contributed by atoms with Gasteiger partial charge in [0.1, 0.15) is 0 Å². The number of hydrogen-bond donors (Lipinski definition) is 0. The SMILES string of the molecule is CC(C)C(F)(F)C(F)F. The summed E-state index contributed by atoms with van der Waals surface area (Å²) in [6.07, 6.45) is -3.54. The van der Waals surface area contributed by atoms with E-state index in [2.05, 4.69) is 0 Å². The number of hydrogen-bond acceptors (Lipinski definition) is 0. The summed E-state index contributed by atoms with van der Waals surface area (Å²) in [5, 5.41) is 0. The summed E-state index contributed by atoms with van der Waals surface area (Å²) in [5.41, 5.74) is 0. The van der Waals surface area contributed by atoms with Gasteiger partial charge < -0.3 is 0 Å². The van der Waals surface area contributed by atoms with Gasteiger partial charge in [0.05, 0.1) is 0 Å². The summed E-state index contributed by atoms with van der Waals surface area (Å²) >= 11 is 0. The van der Waals surface area contributed by atoms with Crippen molar-refractivity contribution in [1.82, 2.24) is 0 Å². The van der Waals surface area contributed by atoms with Gasteiger partial charge in [-0.05, 0) is 0 Å². The first kappa shape index (κ1) is 8.72. The molecule has 0 N–H and O–H groups in total. The standard InChI is InChI=1S/C5H8F4/c1-3(2)5(8,9)4(6)7/h3-4H,1-2H3. The van der Waals surface area contributed by atoms with Crippen LogP contribution >= 0.6 is 0 Å². The summed E-state index contributed by atoms with van der Waals surface area (Å²) in [6.45, 7) is 2.12. The third-order valence-electron chi connectivity index (χ3n) is 1.06. The maximum atomic E-state index is 11.9. The van der Waals surface area contributed by atoms with E-state index in [4.69, 9.17) is 0 Å². The molecule has 0 aromatic rings. The molecule has 0 aliphatic rings. The highest BCUT2D eigenvalue weighted by Gasteiger charge is 2.43. The maximum Gasteiger partial charge on any atom is 0.309 e. The summed E-state index contributed by atoms with van der Waals surface area (Å²) in [4.78, 5) is 0. The van der Waals surface area contributed by atoms with Gasteiger partial charge in [0.25, 0.3) is 0 Å². The predicted octanol–water partition coefficient (Wildman–Crippen LogP) is 2.54. The van der Waals surface area contributed by atoms with Gasteiger partial charge in [-0.25, -0.2) is 8.78 Å². The molecule has 0 bridgehead atoms. The fraction of sp³-hybridized carbons (Fsp3) is 1.00. The van der Waals surface area contributed by atoms with Crippen LogP contribution in [0.25, 0.3) is 0 Å². The van der Waals surface area contributed by atoms with E-state index in [9.17, 15) is 17.6 Å². The molecule has 9 heavy (non-hydrogen) atoms. The van der Waals surface area contributed by atoms with E-state index in [0.717, 1.165) is 13.8 Å². The highest BCUT2D eigenvalue weighted by Crippen LogP contribution is 2.30. The molecule has 0 aliphatic carbocycles. The first-order chi connectivity index (χ1) is 3.89. The lowest BCUT2D eigenvalue weighted by atomic mass is 10.1. The molecule has 0 aromatic heterocycles. The van der Waals surface area contributed by atoms with Crippen molar-refractivity contribution in [3.8, 4) is 0 Å². The Morgan fingerprint density at radius 2 is 1.44 bits per heavy atom. The summed E-state index contributed by atoms with van der Waals surface area (Å²) in [6, 6.07) is 0. The van der Waals surface area contributed by atoms with Crippen molar-refractivity contribution in [1.29, 1.82) is 0 Å². The van der Waals surface area contributed by atoms with Gasteiger partial charge in [-0.15, -0.1) is 0 Å². The molecule has 0 spiro atoms. The molecule has 0 atom stereocenters. The second-order valence-corrected chi connectivity index (χ2v) is 2.13. The van der Waals surface area contributed by atoms with E-state index in [-0.39, 0.29) is 0 Å². The Kier molecular flexibility index (Phi) is 2.46. The zero-order valence-corrected chi connectivity index (χ0v) is 5.17. The van der Waals surface area contributed by atoms with Crippen LogP contribution in [0.5, 0.6) is 0 Å². The van der Waals surface area contributed by atoms with E-state index in [1.165, 1.54) is 0 Å². The first-order valence-corrected chi connectivity index (χ1v) is 2.55. The fourth-order valence-corrected chi connectivity index (χ4v) is 0.252. The van der Waals surface area contributed by atoms with Crippen LogP contribution in [0.15, 0.2) is 0 Å². The summed E-state index contributed by atoms with van der Waals surface area (Å²) in [7, 11) is 0. The zero-order chi connectivity index (χ0) is 7.65. The Hall–Kier alpha value is -0.280. The Bertz CT molecular complexity index is 77.0. The van der Waals surface area contributed by atoms with Crippen molar-refractivity contribution in [3.05, 3.63) is 0 Å². The molecule has 0 amide bonds. The van der Waals surface area contributed by atoms with E-state index in [1.807, 2.05) is 0 Å². The van der Waals surface area contributed by atoms with Crippen molar-refractivity contribution in [2.75, 3.05) is 0 Å². The van der Waals surface area contributed by atoms with Crippen molar-refractivity contribution in [2.24, 2.45) is 5.92 Å². The van der Waals surface area contributed by atoms with E-state index >= 15 is 0 Å². The molecule has 0 unspecified atom stereocenters. The molecular formula is C5H8F4. The molecule has 0 rings (SSSR count). The Morgan fingerprint density at radius 1 is 1.11 bits per heavy atom. The molecule has 56 valence electrons. The molecule has 0 saturated carbocycles. The minimum Gasteiger partial charge on any atom is -0.204 e. The van der Waals surface area contributed by atoms with Crippen LogP contribution in [0, 0.1) is 5.92 Å². The molecule has 4 heteroatoms. The van der Waals surface area contributed by atoms with Gasteiger partial charge in [0.2, 0.25) is 0 Å². The highest BCUT2D eigenvalue weighted by atomic mass is 19.3.